The standard InChI is InChI=1S/C27H33NO6/c1-17(2)19-14-13-18(3)15-24(19)34-27(31)21-10-6-5-9-20(21)26(30)33-16-25(29)28-22-11-7-8-12-23(22)32-4/h5-12,17-19,24H,13-16H2,1-4H3,(H,28,29)/t18-,19+,24-/m1/s1. The van der Waals surface area contributed by atoms with Gasteiger partial charge in [-0.2, -0.15) is 0 Å². The number of hydrogen-bond donors (Lipinski definition) is 1. The average Bonchev–Trinajstić information content (AvgIpc) is 2.82. The normalized spacial score (nSPS) is 19.9. The molecule has 0 bridgehead atoms. The summed E-state index contributed by atoms with van der Waals surface area (Å²) < 4.78 is 16.3. The number of carbonyl (C=O) groups is 3. The van der Waals surface area contributed by atoms with E-state index in [-0.39, 0.29) is 23.1 Å². The second-order valence-corrected chi connectivity index (χ2v) is 9.14. The van der Waals surface area contributed by atoms with Crippen molar-refractivity contribution in [2.75, 3.05) is 19.0 Å². The molecule has 0 heterocycles. The maximum atomic E-state index is 13.0. The molecule has 182 valence electrons. The van der Waals surface area contributed by atoms with Gasteiger partial charge in [0.05, 0.1) is 23.9 Å². The second-order valence-electron chi connectivity index (χ2n) is 9.14. The first kappa shape index (κ1) is 25.3. The summed E-state index contributed by atoms with van der Waals surface area (Å²) in [5, 5.41) is 2.65. The summed E-state index contributed by atoms with van der Waals surface area (Å²) in [6.45, 7) is 5.94. The van der Waals surface area contributed by atoms with Crippen LogP contribution in [0.4, 0.5) is 5.69 Å². The highest BCUT2D eigenvalue weighted by atomic mass is 16.5. The molecule has 3 rings (SSSR count). The van der Waals surface area contributed by atoms with Gasteiger partial charge in [-0.15, -0.1) is 0 Å². The van der Waals surface area contributed by atoms with Crippen molar-refractivity contribution in [3.63, 3.8) is 0 Å². The van der Waals surface area contributed by atoms with Crippen molar-refractivity contribution in [1.29, 1.82) is 0 Å². The van der Waals surface area contributed by atoms with E-state index < -0.39 is 24.5 Å². The van der Waals surface area contributed by atoms with E-state index in [1.807, 2.05) is 0 Å². The third-order valence-corrected chi connectivity index (χ3v) is 6.30. The Morgan fingerprint density at radius 2 is 1.62 bits per heavy atom. The summed E-state index contributed by atoms with van der Waals surface area (Å²) in [4.78, 5) is 38.1. The van der Waals surface area contributed by atoms with Crippen molar-refractivity contribution in [3.8, 4) is 5.75 Å². The molecule has 0 aromatic heterocycles. The summed E-state index contributed by atoms with van der Waals surface area (Å²) in [5.74, 6) is -0.170. The van der Waals surface area contributed by atoms with Crippen LogP contribution in [0.25, 0.3) is 0 Å². The molecule has 1 N–H and O–H groups in total. The number of para-hydroxylation sites is 2. The largest absolute Gasteiger partial charge is 0.495 e. The lowest BCUT2D eigenvalue weighted by Gasteiger charge is -2.36. The Bertz CT molecular complexity index is 1020. The van der Waals surface area contributed by atoms with Crippen LogP contribution in [0.3, 0.4) is 0 Å². The highest BCUT2D eigenvalue weighted by Crippen LogP contribution is 2.36. The molecule has 7 nitrogen and oxygen atoms in total. The summed E-state index contributed by atoms with van der Waals surface area (Å²) in [6, 6.07) is 13.3. The zero-order chi connectivity index (χ0) is 24.7. The third-order valence-electron chi connectivity index (χ3n) is 6.30. The fourth-order valence-electron chi connectivity index (χ4n) is 4.43. The summed E-state index contributed by atoms with van der Waals surface area (Å²) in [6.07, 6.45) is 2.76. The molecule has 7 heteroatoms. The van der Waals surface area contributed by atoms with Gasteiger partial charge in [-0.1, -0.05) is 51.5 Å². The molecule has 1 aliphatic carbocycles. The topological polar surface area (TPSA) is 90.9 Å². The number of carbonyl (C=O) groups excluding carboxylic acids is 3. The van der Waals surface area contributed by atoms with Gasteiger partial charge in [0.2, 0.25) is 0 Å². The van der Waals surface area contributed by atoms with Gasteiger partial charge < -0.3 is 19.5 Å². The van der Waals surface area contributed by atoms with Gasteiger partial charge in [-0.25, -0.2) is 9.59 Å². The van der Waals surface area contributed by atoms with Gasteiger partial charge >= 0.3 is 11.9 Å². The lowest BCUT2D eigenvalue weighted by molar-refractivity contribution is -0.119. The minimum absolute atomic E-state index is 0.0718. The predicted molar refractivity (Wildman–Crippen MR) is 129 cm³/mol. The van der Waals surface area contributed by atoms with Crippen molar-refractivity contribution in [3.05, 3.63) is 59.7 Å². The molecule has 1 fully saturated rings. The van der Waals surface area contributed by atoms with Crippen LogP contribution in [-0.4, -0.2) is 37.7 Å². The molecule has 0 unspecified atom stereocenters. The van der Waals surface area contributed by atoms with Crippen molar-refractivity contribution < 1.29 is 28.6 Å². The van der Waals surface area contributed by atoms with E-state index >= 15 is 0 Å². The molecular weight excluding hydrogens is 434 g/mol. The quantitative estimate of drug-likeness (QED) is 0.543. The summed E-state index contributed by atoms with van der Waals surface area (Å²) in [7, 11) is 1.50. The fourth-order valence-corrected chi connectivity index (χ4v) is 4.43. The maximum Gasteiger partial charge on any atom is 0.339 e. The Labute approximate surface area is 200 Å². The number of amides is 1. The molecule has 34 heavy (non-hydrogen) atoms. The van der Waals surface area contributed by atoms with Crippen molar-refractivity contribution in [2.24, 2.45) is 17.8 Å². The zero-order valence-electron chi connectivity index (χ0n) is 20.2. The van der Waals surface area contributed by atoms with Crippen molar-refractivity contribution in [2.45, 2.75) is 46.1 Å². The molecule has 0 spiro atoms. The van der Waals surface area contributed by atoms with Gasteiger partial charge in [0.15, 0.2) is 6.61 Å². The number of benzene rings is 2. The number of anilines is 1. The van der Waals surface area contributed by atoms with Gasteiger partial charge in [-0.3, -0.25) is 4.79 Å². The van der Waals surface area contributed by atoms with Crippen molar-refractivity contribution in [1.82, 2.24) is 0 Å². The molecule has 2 aromatic carbocycles. The first-order valence-corrected chi connectivity index (χ1v) is 11.7. The summed E-state index contributed by atoms with van der Waals surface area (Å²) >= 11 is 0. The van der Waals surface area contributed by atoms with Crippen LogP contribution in [0.2, 0.25) is 0 Å². The Morgan fingerprint density at radius 3 is 2.29 bits per heavy atom. The van der Waals surface area contributed by atoms with Crippen LogP contribution in [0, 0.1) is 17.8 Å². The van der Waals surface area contributed by atoms with E-state index in [4.69, 9.17) is 14.2 Å². The van der Waals surface area contributed by atoms with Gasteiger partial charge in [0, 0.05) is 0 Å². The molecular formula is C27H33NO6. The SMILES string of the molecule is COc1ccccc1NC(=O)COC(=O)c1ccccc1C(=O)O[C@@H]1C[C@H](C)CC[C@H]1C(C)C. The van der Waals surface area contributed by atoms with Crippen LogP contribution in [0.1, 0.15) is 60.7 Å². The maximum absolute atomic E-state index is 13.0. The minimum atomic E-state index is -0.764. The number of hydrogen-bond acceptors (Lipinski definition) is 6. The van der Waals surface area contributed by atoms with E-state index in [1.54, 1.807) is 42.5 Å². The van der Waals surface area contributed by atoms with E-state index in [9.17, 15) is 14.4 Å². The van der Waals surface area contributed by atoms with Crippen molar-refractivity contribution >= 4 is 23.5 Å². The van der Waals surface area contributed by atoms with E-state index in [0.717, 1.165) is 19.3 Å². The molecule has 1 aliphatic rings. The first-order chi connectivity index (χ1) is 16.3. The smallest absolute Gasteiger partial charge is 0.339 e. The van der Waals surface area contributed by atoms with Crippen LogP contribution >= 0.6 is 0 Å². The Hall–Kier alpha value is -3.35. The lowest BCUT2D eigenvalue weighted by Crippen LogP contribution is -2.36. The zero-order valence-corrected chi connectivity index (χ0v) is 20.2. The van der Waals surface area contributed by atoms with Crippen LogP contribution in [-0.2, 0) is 14.3 Å². The number of nitrogens with one attached hydrogen (secondary N) is 1. The van der Waals surface area contributed by atoms with E-state index in [0.29, 0.717) is 23.3 Å². The molecule has 0 aliphatic heterocycles. The van der Waals surface area contributed by atoms with Gasteiger partial charge in [-0.05, 0) is 54.9 Å². The van der Waals surface area contributed by atoms with Crippen LogP contribution in [0.5, 0.6) is 5.75 Å². The molecule has 3 atom stereocenters. The minimum Gasteiger partial charge on any atom is -0.495 e. The first-order valence-electron chi connectivity index (χ1n) is 11.7. The monoisotopic (exact) mass is 467 g/mol. The van der Waals surface area contributed by atoms with Crippen LogP contribution in [0.15, 0.2) is 48.5 Å². The predicted octanol–water partition coefficient (Wildman–Crippen LogP) is 5.11. The second kappa shape index (κ2) is 11.7. The molecule has 2 aromatic rings. The average molecular weight is 468 g/mol. The summed E-state index contributed by atoms with van der Waals surface area (Å²) in [5.41, 5.74) is 0.678. The van der Waals surface area contributed by atoms with E-state index in [2.05, 4.69) is 26.1 Å². The molecule has 0 saturated heterocycles. The Kier molecular flexibility index (Phi) is 8.68. The number of methoxy groups -OCH3 is 1. The molecule has 0 radical (unpaired) electrons. The van der Waals surface area contributed by atoms with Gasteiger partial charge in [0.25, 0.3) is 5.91 Å². The molecule has 1 amide bonds. The highest BCUT2D eigenvalue weighted by molar-refractivity contribution is 6.04. The highest BCUT2D eigenvalue weighted by Gasteiger charge is 2.34. The number of rotatable bonds is 8. The number of ether oxygens (including phenoxy) is 3. The third kappa shape index (κ3) is 6.37. The Morgan fingerprint density at radius 1 is 0.971 bits per heavy atom. The van der Waals surface area contributed by atoms with E-state index in [1.165, 1.54) is 13.2 Å². The lowest BCUT2D eigenvalue weighted by atomic mass is 9.75. The fraction of sp³-hybridized carbons (Fsp3) is 0.444. The Balaban J connectivity index is 1.65. The van der Waals surface area contributed by atoms with Gasteiger partial charge in [0.1, 0.15) is 11.9 Å². The van der Waals surface area contributed by atoms with Crippen LogP contribution < -0.4 is 10.1 Å². The molecule has 1 saturated carbocycles. The number of esters is 2.